The van der Waals surface area contributed by atoms with E-state index in [1.807, 2.05) is 29.2 Å². The highest BCUT2D eigenvalue weighted by Crippen LogP contribution is 2.50. The van der Waals surface area contributed by atoms with Gasteiger partial charge >= 0.3 is 0 Å². The Morgan fingerprint density at radius 3 is 2.46 bits per heavy atom. The largest absolute Gasteiger partial charge is 0.461 e. The van der Waals surface area contributed by atoms with Gasteiger partial charge in [-0.3, -0.25) is 9.69 Å². The third-order valence-electron chi connectivity index (χ3n) is 5.83. The summed E-state index contributed by atoms with van der Waals surface area (Å²) in [6.45, 7) is 4.25. The summed E-state index contributed by atoms with van der Waals surface area (Å²) < 4.78 is 10.8. The molecule has 3 heterocycles. The molecule has 6 heteroatoms. The van der Waals surface area contributed by atoms with E-state index in [1.54, 1.807) is 6.26 Å². The van der Waals surface area contributed by atoms with Crippen molar-refractivity contribution in [3.05, 3.63) is 66.1 Å². The van der Waals surface area contributed by atoms with Crippen LogP contribution < -0.4 is 0 Å². The molecule has 0 spiro atoms. The Morgan fingerprint density at radius 1 is 1.00 bits per heavy atom. The number of hydrogen-bond acceptors (Lipinski definition) is 5. The quantitative estimate of drug-likeness (QED) is 0.683. The summed E-state index contributed by atoms with van der Waals surface area (Å²) in [5.74, 6) is 1.40. The standard InChI is InChI=1S/C22H23N3O3/c26-21(25-12-10-24(11-13-25)16-17-5-2-1-3-6-17)22(8-9-22)20-15-19(28-23-20)18-7-4-14-27-18/h1-7,14-15H,8-13,16H2. The third-order valence-corrected chi connectivity index (χ3v) is 5.83. The second-order valence-electron chi connectivity index (χ2n) is 7.69. The van der Waals surface area contributed by atoms with E-state index in [1.165, 1.54) is 5.56 Å². The van der Waals surface area contributed by atoms with Gasteiger partial charge in [0.1, 0.15) is 0 Å². The van der Waals surface area contributed by atoms with Gasteiger partial charge < -0.3 is 13.8 Å². The molecular formula is C22H23N3O3. The number of piperazine rings is 1. The fourth-order valence-corrected chi connectivity index (χ4v) is 3.99. The number of benzene rings is 1. The molecule has 1 amide bonds. The minimum Gasteiger partial charge on any atom is -0.461 e. The lowest BCUT2D eigenvalue weighted by Gasteiger charge is -2.36. The summed E-state index contributed by atoms with van der Waals surface area (Å²) in [6.07, 6.45) is 3.27. The number of hydrogen-bond donors (Lipinski definition) is 0. The lowest BCUT2D eigenvalue weighted by Crippen LogP contribution is -2.51. The summed E-state index contributed by atoms with van der Waals surface area (Å²) in [6, 6.07) is 16.0. The van der Waals surface area contributed by atoms with E-state index in [2.05, 4.69) is 34.3 Å². The van der Waals surface area contributed by atoms with Gasteiger partial charge in [0.05, 0.1) is 17.4 Å². The van der Waals surface area contributed by atoms with Gasteiger partial charge in [0.15, 0.2) is 5.76 Å². The molecule has 1 saturated carbocycles. The molecule has 28 heavy (non-hydrogen) atoms. The van der Waals surface area contributed by atoms with E-state index in [-0.39, 0.29) is 5.91 Å². The Labute approximate surface area is 163 Å². The van der Waals surface area contributed by atoms with Crippen LogP contribution in [-0.2, 0) is 16.8 Å². The molecule has 1 aromatic carbocycles. The third kappa shape index (κ3) is 3.14. The highest BCUT2D eigenvalue weighted by molar-refractivity contribution is 5.91. The second-order valence-corrected chi connectivity index (χ2v) is 7.69. The van der Waals surface area contributed by atoms with Crippen LogP contribution in [0.4, 0.5) is 0 Å². The van der Waals surface area contributed by atoms with Gasteiger partial charge in [-0.1, -0.05) is 35.5 Å². The van der Waals surface area contributed by atoms with Crippen molar-refractivity contribution < 1.29 is 13.7 Å². The molecule has 3 aromatic rings. The molecule has 6 nitrogen and oxygen atoms in total. The van der Waals surface area contributed by atoms with Gasteiger partial charge in [-0.15, -0.1) is 0 Å². The number of carbonyl (C=O) groups excluding carboxylic acids is 1. The zero-order chi connectivity index (χ0) is 19.0. The minimum atomic E-state index is -0.504. The molecule has 144 valence electrons. The number of furan rings is 1. The van der Waals surface area contributed by atoms with Gasteiger partial charge in [0.2, 0.25) is 11.7 Å². The first-order chi connectivity index (χ1) is 13.7. The molecule has 0 radical (unpaired) electrons. The normalized spacial score (nSPS) is 18.9. The molecule has 1 aliphatic heterocycles. The smallest absolute Gasteiger partial charge is 0.235 e. The van der Waals surface area contributed by atoms with Crippen molar-refractivity contribution in [2.45, 2.75) is 24.8 Å². The molecular weight excluding hydrogens is 354 g/mol. The zero-order valence-corrected chi connectivity index (χ0v) is 15.7. The molecule has 1 saturated heterocycles. The maximum atomic E-state index is 13.2. The Balaban J connectivity index is 1.23. The Morgan fingerprint density at radius 2 is 1.79 bits per heavy atom. The monoisotopic (exact) mass is 377 g/mol. The van der Waals surface area contributed by atoms with Crippen molar-refractivity contribution >= 4 is 5.91 Å². The van der Waals surface area contributed by atoms with Crippen molar-refractivity contribution in [1.82, 2.24) is 15.0 Å². The van der Waals surface area contributed by atoms with Gasteiger partial charge in [0.25, 0.3) is 0 Å². The molecule has 0 bridgehead atoms. The van der Waals surface area contributed by atoms with Gasteiger partial charge in [0, 0.05) is 38.8 Å². The van der Waals surface area contributed by atoms with Crippen molar-refractivity contribution in [2.24, 2.45) is 0 Å². The molecule has 0 N–H and O–H groups in total. The van der Waals surface area contributed by atoms with Crippen LogP contribution in [-0.4, -0.2) is 47.0 Å². The number of nitrogens with zero attached hydrogens (tertiary/aromatic N) is 3. The average Bonchev–Trinajstić information content (AvgIpc) is 3.14. The van der Waals surface area contributed by atoms with Crippen LogP contribution in [0.15, 0.2) is 63.7 Å². The SMILES string of the molecule is O=C(N1CCN(Cc2ccccc2)CC1)C1(c2cc(-c3ccco3)on2)CC1. The zero-order valence-electron chi connectivity index (χ0n) is 15.7. The van der Waals surface area contributed by atoms with Crippen molar-refractivity contribution in [3.8, 4) is 11.5 Å². The summed E-state index contributed by atoms with van der Waals surface area (Å²) >= 11 is 0. The summed E-state index contributed by atoms with van der Waals surface area (Å²) in [4.78, 5) is 17.6. The molecule has 2 fully saturated rings. The van der Waals surface area contributed by atoms with Gasteiger partial charge in [-0.05, 0) is 30.5 Å². The molecule has 5 rings (SSSR count). The van der Waals surface area contributed by atoms with E-state index in [9.17, 15) is 4.79 Å². The van der Waals surface area contributed by atoms with Crippen molar-refractivity contribution in [1.29, 1.82) is 0 Å². The number of amides is 1. The fourth-order valence-electron chi connectivity index (χ4n) is 3.99. The predicted molar refractivity (Wildman–Crippen MR) is 103 cm³/mol. The maximum absolute atomic E-state index is 13.2. The molecule has 2 aliphatic rings. The van der Waals surface area contributed by atoms with E-state index < -0.39 is 5.41 Å². The Bertz CT molecular complexity index is 937. The lowest BCUT2D eigenvalue weighted by molar-refractivity contribution is -0.136. The van der Waals surface area contributed by atoms with E-state index in [0.717, 1.165) is 51.3 Å². The highest BCUT2D eigenvalue weighted by atomic mass is 16.5. The topological polar surface area (TPSA) is 62.7 Å². The van der Waals surface area contributed by atoms with Crippen molar-refractivity contribution in [3.63, 3.8) is 0 Å². The first-order valence-corrected chi connectivity index (χ1v) is 9.81. The second kappa shape index (κ2) is 6.95. The average molecular weight is 377 g/mol. The lowest BCUT2D eigenvalue weighted by atomic mass is 9.99. The van der Waals surface area contributed by atoms with Crippen LogP contribution >= 0.6 is 0 Å². The fraction of sp³-hybridized carbons (Fsp3) is 0.364. The summed E-state index contributed by atoms with van der Waals surface area (Å²) in [5.41, 5.74) is 1.54. The van der Waals surface area contributed by atoms with E-state index in [0.29, 0.717) is 11.5 Å². The summed E-state index contributed by atoms with van der Waals surface area (Å²) in [7, 11) is 0. The summed E-state index contributed by atoms with van der Waals surface area (Å²) in [5, 5.41) is 4.20. The first kappa shape index (κ1) is 17.3. The van der Waals surface area contributed by atoms with E-state index in [4.69, 9.17) is 8.94 Å². The van der Waals surface area contributed by atoms with Crippen LogP contribution in [0.5, 0.6) is 0 Å². The first-order valence-electron chi connectivity index (χ1n) is 9.81. The van der Waals surface area contributed by atoms with Crippen LogP contribution in [0.1, 0.15) is 24.1 Å². The molecule has 1 aliphatic carbocycles. The van der Waals surface area contributed by atoms with Crippen molar-refractivity contribution in [2.75, 3.05) is 26.2 Å². The maximum Gasteiger partial charge on any atom is 0.235 e. The molecule has 0 atom stereocenters. The number of carbonyl (C=O) groups is 1. The predicted octanol–water partition coefficient (Wildman–Crippen LogP) is 3.31. The number of rotatable bonds is 5. The van der Waals surface area contributed by atoms with Crippen LogP contribution in [0.3, 0.4) is 0 Å². The Hall–Kier alpha value is -2.86. The van der Waals surface area contributed by atoms with Gasteiger partial charge in [-0.25, -0.2) is 0 Å². The van der Waals surface area contributed by atoms with Crippen LogP contribution in [0.2, 0.25) is 0 Å². The molecule has 2 aromatic heterocycles. The number of aromatic nitrogens is 1. The van der Waals surface area contributed by atoms with Crippen LogP contribution in [0.25, 0.3) is 11.5 Å². The van der Waals surface area contributed by atoms with Gasteiger partial charge in [-0.2, -0.15) is 0 Å². The van der Waals surface area contributed by atoms with Crippen LogP contribution in [0, 0.1) is 0 Å². The molecule has 0 unspecified atom stereocenters. The highest BCUT2D eigenvalue weighted by Gasteiger charge is 2.55. The van der Waals surface area contributed by atoms with E-state index >= 15 is 0 Å². The minimum absolute atomic E-state index is 0.186. The Kier molecular flexibility index (Phi) is 4.28.